The summed E-state index contributed by atoms with van der Waals surface area (Å²) in [6, 6.07) is 8.44. The Morgan fingerprint density at radius 2 is 1.82 bits per heavy atom. The maximum absolute atomic E-state index is 6.01. The number of nitrogens with two attached hydrogens (primary N) is 1. The van der Waals surface area contributed by atoms with Crippen molar-refractivity contribution < 1.29 is 0 Å². The fraction of sp³-hybridized carbons (Fsp3) is 0.333. The summed E-state index contributed by atoms with van der Waals surface area (Å²) in [5.41, 5.74) is 11.1. The third kappa shape index (κ3) is 2.62. The normalized spacial score (nSPS) is 13.5. The van der Waals surface area contributed by atoms with Crippen molar-refractivity contribution in [2.75, 3.05) is 0 Å². The molecule has 0 spiro atoms. The molecule has 114 valence electrons. The highest BCUT2D eigenvalue weighted by atomic mass is 15.0. The van der Waals surface area contributed by atoms with Crippen LogP contribution in [0.3, 0.4) is 0 Å². The van der Waals surface area contributed by atoms with Gasteiger partial charge in [-0.25, -0.2) is 9.97 Å². The SMILES string of the molecule is CC(N)c1cn2ccnc2c(-c2ccc(C(C)(C)C)cc2)n1. The van der Waals surface area contributed by atoms with Gasteiger partial charge in [-0.05, 0) is 17.9 Å². The summed E-state index contributed by atoms with van der Waals surface area (Å²) >= 11 is 0. The molecule has 2 N–H and O–H groups in total. The first-order chi connectivity index (χ1) is 10.4. The van der Waals surface area contributed by atoms with E-state index in [2.05, 4.69) is 50.0 Å². The number of aromatic nitrogens is 3. The second kappa shape index (κ2) is 5.21. The number of benzene rings is 1. The van der Waals surface area contributed by atoms with E-state index in [0.29, 0.717) is 0 Å². The second-order valence-corrected chi connectivity index (χ2v) is 6.79. The molecule has 0 fully saturated rings. The molecule has 3 aromatic rings. The van der Waals surface area contributed by atoms with Crippen LogP contribution in [-0.2, 0) is 5.41 Å². The molecule has 3 rings (SSSR count). The van der Waals surface area contributed by atoms with Crippen LogP contribution in [0.1, 0.15) is 45.0 Å². The third-order valence-corrected chi connectivity index (χ3v) is 3.88. The molecule has 1 unspecified atom stereocenters. The van der Waals surface area contributed by atoms with Crippen molar-refractivity contribution in [2.45, 2.75) is 39.2 Å². The minimum Gasteiger partial charge on any atom is -0.323 e. The van der Waals surface area contributed by atoms with E-state index in [0.717, 1.165) is 22.6 Å². The van der Waals surface area contributed by atoms with Crippen molar-refractivity contribution in [2.24, 2.45) is 5.73 Å². The lowest BCUT2D eigenvalue weighted by molar-refractivity contribution is 0.590. The quantitative estimate of drug-likeness (QED) is 0.783. The van der Waals surface area contributed by atoms with E-state index in [9.17, 15) is 0 Å². The topological polar surface area (TPSA) is 56.2 Å². The smallest absolute Gasteiger partial charge is 0.163 e. The summed E-state index contributed by atoms with van der Waals surface area (Å²) < 4.78 is 1.98. The average Bonchev–Trinajstić information content (AvgIpc) is 2.93. The molecule has 2 aromatic heterocycles. The molecule has 0 aliphatic rings. The molecule has 0 aliphatic carbocycles. The highest BCUT2D eigenvalue weighted by Crippen LogP contribution is 2.27. The molecule has 4 heteroatoms. The van der Waals surface area contributed by atoms with Gasteiger partial charge in [0.2, 0.25) is 0 Å². The van der Waals surface area contributed by atoms with Gasteiger partial charge in [0, 0.05) is 30.2 Å². The van der Waals surface area contributed by atoms with Gasteiger partial charge in [0.15, 0.2) is 5.65 Å². The van der Waals surface area contributed by atoms with Crippen molar-refractivity contribution in [3.63, 3.8) is 0 Å². The van der Waals surface area contributed by atoms with Crippen molar-refractivity contribution in [1.29, 1.82) is 0 Å². The van der Waals surface area contributed by atoms with E-state index in [-0.39, 0.29) is 11.5 Å². The molecule has 0 amide bonds. The summed E-state index contributed by atoms with van der Waals surface area (Å²) in [7, 11) is 0. The lowest BCUT2D eigenvalue weighted by Gasteiger charge is -2.19. The number of nitrogens with zero attached hydrogens (tertiary/aromatic N) is 3. The summed E-state index contributed by atoms with van der Waals surface area (Å²) in [6.07, 6.45) is 5.66. The molecular formula is C18H22N4. The van der Waals surface area contributed by atoms with Crippen LogP contribution >= 0.6 is 0 Å². The highest BCUT2D eigenvalue weighted by molar-refractivity contribution is 5.74. The molecule has 0 aliphatic heterocycles. The van der Waals surface area contributed by atoms with Crippen LogP contribution in [0.4, 0.5) is 0 Å². The second-order valence-electron chi connectivity index (χ2n) is 6.79. The Labute approximate surface area is 131 Å². The molecule has 0 saturated carbocycles. The summed E-state index contributed by atoms with van der Waals surface area (Å²) in [4.78, 5) is 9.15. The Morgan fingerprint density at radius 3 is 2.41 bits per heavy atom. The first-order valence-corrected chi connectivity index (χ1v) is 7.56. The first-order valence-electron chi connectivity index (χ1n) is 7.56. The molecule has 4 nitrogen and oxygen atoms in total. The Hall–Kier alpha value is -2.20. The Balaban J connectivity index is 2.14. The van der Waals surface area contributed by atoms with Crippen molar-refractivity contribution >= 4 is 5.65 Å². The molecule has 0 radical (unpaired) electrons. The molecule has 1 aromatic carbocycles. The maximum Gasteiger partial charge on any atom is 0.163 e. The number of fused-ring (bicyclic) bond motifs is 1. The Bertz CT molecular complexity index is 792. The van der Waals surface area contributed by atoms with Gasteiger partial charge in [-0.15, -0.1) is 0 Å². The lowest BCUT2D eigenvalue weighted by atomic mass is 9.86. The summed E-state index contributed by atoms with van der Waals surface area (Å²) in [6.45, 7) is 8.58. The Morgan fingerprint density at radius 1 is 1.14 bits per heavy atom. The molecule has 0 saturated heterocycles. The van der Waals surface area contributed by atoms with Crippen molar-refractivity contribution in [3.05, 3.63) is 54.1 Å². The van der Waals surface area contributed by atoms with Crippen LogP contribution in [0.25, 0.3) is 16.9 Å². The zero-order valence-electron chi connectivity index (χ0n) is 13.5. The molecular weight excluding hydrogens is 272 g/mol. The highest BCUT2D eigenvalue weighted by Gasteiger charge is 2.15. The van der Waals surface area contributed by atoms with Gasteiger partial charge in [-0.2, -0.15) is 0 Å². The van der Waals surface area contributed by atoms with E-state index in [1.165, 1.54) is 5.56 Å². The van der Waals surface area contributed by atoms with Gasteiger partial charge in [0.25, 0.3) is 0 Å². The van der Waals surface area contributed by atoms with Gasteiger partial charge in [0.05, 0.1) is 5.69 Å². The number of rotatable bonds is 2. The minimum atomic E-state index is -0.112. The fourth-order valence-corrected chi connectivity index (χ4v) is 2.49. The van der Waals surface area contributed by atoms with Crippen LogP contribution in [0.5, 0.6) is 0 Å². The number of imidazole rings is 1. The van der Waals surface area contributed by atoms with Gasteiger partial charge in [0.1, 0.15) is 5.69 Å². The van der Waals surface area contributed by atoms with Crippen LogP contribution in [0.2, 0.25) is 0 Å². The largest absolute Gasteiger partial charge is 0.323 e. The predicted octanol–water partition coefficient (Wildman–Crippen LogP) is 3.71. The van der Waals surface area contributed by atoms with E-state index in [1.807, 2.05) is 23.7 Å². The van der Waals surface area contributed by atoms with E-state index in [4.69, 9.17) is 10.7 Å². The Kier molecular flexibility index (Phi) is 3.49. The fourth-order valence-electron chi connectivity index (χ4n) is 2.49. The lowest BCUT2D eigenvalue weighted by Crippen LogP contribution is -2.11. The van der Waals surface area contributed by atoms with Gasteiger partial charge in [-0.3, -0.25) is 0 Å². The maximum atomic E-state index is 6.01. The van der Waals surface area contributed by atoms with Crippen molar-refractivity contribution in [3.8, 4) is 11.3 Å². The minimum absolute atomic E-state index is 0.112. The zero-order chi connectivity index (χ0) is 15.9. The standard InChI is InChI=1S/C18H22N4/c1-12(19)15-11-22-10-9-20-17(22)16(21-15)13-5-7-14(8-6-13)18(2,3)4/h5-12H,19H2,1-4H3. The number of hydrogen-bond acceptors (Lipinski definition) is 3. The molecule has 0 bridgehead atoms. The van der Waals surface area contributed by atoms with Gasteiger partial charge in [-0.1, -0.05) is 45.0 Å². The van der Waals surface area contributed by atoms with Crippen molar-refractivity contribution in [1.82, 2.24) is 14.4 Å². The van der Waals surface area contributed by atoms with Crippen LogP contribution in [-0.4, -0.2) is 14.4 Å². The van der Waals surface area contributed by atoms with Crippen LogP contribution in [0.15, 0.2) is 42.9 Å². The average molecular weight is 294 g/mol. The van der Waals surface area contributed by atoms with Crippen LogP contribution in [0, 0.1) is 0 Å². The molecule has 2 heterocycles. The molecule has 1 atom stereocenters. The van der Waals surface area contributed by atoms with E-state index < -0.39 is 0 Å². The van der Waals surface area contributed by atoms with Crippen LogP contribution < -0.4 is 5.73 Å². The number of hydrogen-bond donors (Lipinski definition) is 1. The van der Waals surface area contributed by atoms with Gasteiger partial charge < -0.3 is 10.1 Å². The zero-order valence-corrected chi connectivity index (χ0v) is 13.5. The summed E-state index contributed by atoms with van der Waals surface area (Å²) in [5, 5.41) is 0. The van der Waals surface area contributed by atoms with E-state index >= 15 is 0 Å². The summed E-state index contributed by atoms with van der Waals surface area (Å²) in [5.74, 6) is 0. The van der Waals surface area contributed by atoms with Gasteiger partial charge >= 0.3 is 0 Å². The third-order valence-electron chi connectivity index (χ3n) is 3.88. The predicted molar refractivity (Wildman–Crippen MR) is 89.7 cm³/mol. The molecule has 22 heavy (non-hydrogen) atoms. The monoisotopic (exact) mass is 294 g/mol. The first kappa shape index (κ1) is 14.7. The van der Waals surface area contributed by atoms with E-state index in [1.54, 1.807) is 6.20 Å².